The van der Waals surface area contributed by atoms with E-state index in [1.807, 2.05) is 6.08 Å². The van der Waals surface area contributed by atoms with Gasteiger partial charge >= 0.3 is 0 Å². The quantitative estimate of drug-likeness (QED) is 0.638. The number of ketones is 2. The Morgan fingerprint density at radius 3 is 2.64 bits per heavy atom. The fraction of sp³-hybridized carbons (Fsp3) is 0.200. The molecule has 0 fully saturated rings. The van der Waals surface area contributed by atoms with Gasteiger partial charge in [-0.05, 0) is 6.42 Å². The molecule has 4 heteroatoms. The van der Waals surface area contributed by atoms with E-state index in [4.69, 9.17) is 23.2 Å². The lowest BCUT2D eigenvalue weighted by atomic mass is 9.81. The lowest BCUT2D eigenvalue weighted by Crippen LogP contribution is -2.29. The molecule has 72 valence electrons. The topological polar surface area (TPSA) is 34.1 Å². The zero-order valence-electron chi connectivity index (χ0n) is 7.09. The maximum atomic E-state index is 11.6. The molecule has 2 aliphatic rings. The predicted molar refractivity (Wildman–Crippen MR) is 54.1 cm³/mol. The third-order valence-electron chi connectivity index (χ3n) is 2.35. The van der Waals surface area contributed by atoms with Crippen LogP contribution < -0.4 is 0 Å². The van der Waals surface area contributed by atoms with Crippen LogP contribution in [-0.4, -0.2) is 11.6 Å². The van der Waals surface area contributed by atoms with E-state index in [0.29, 0.717) is 12.0 Å². The van der Waals surface area contributed by atoms with Crippen LogP contribution in [0.4, 0.5) is 0 Å². The first-order valence-electron chi connectivity index (χ1n) is 4.14. The van der Waals surface area contributed by atoms with Crippen molar-refractivity contribution in [3.8, 4) is 0 Å². The van der Waals surface area contributed by atoms with Crippen LogP contribution in [0, 0.1) is 5.92 Å². The molecule has 14 heavy (non-hydrogen) atoms. The minimum Gasteiger partial charge on any atom is -0.292 e. The Balaban J connectivity index is 2.56. The van der Waals surface area contributed by atoms with E-state index in [2.05, 4.69) is 0 Å². The third-order valence-corrected chi connectivity index (χ3v) is 3.18. The second-order valence-corrected chi connectivity index (χ2v) is 3.92. The van der Waals surface area contributed by atoms with Gasteiger partial charge in [0.1, 0.15) is 10.1 Å². The van der Waals surface area contributed by atoms with Crippen molar-refractivity contribution in [1.82, 2.24) is 0 Å². The summed E-state index contributed by atoms with van der Waals surface area (Å²) >= 11 is 11.3. The normalized spacial score (nSPS) is 26.4. The molecule has 1 unspecified atom stereocenters. The molecule has 2 aliphatic carbocycles. The van der Waals surface area contributed by atoms with E-state index in [9.17, 15) is 9.59 Å². The molecule has 2 nitrogen and oxygen atoms in total. The number of hydrogen-bond acceptors (Lipinski definition) is 2. The molecule has 0 aromatic heterocycles. The average Bonchev–Trinajstić information content (AvgIpc) is 2.23. The van der Waals surface area contributed by atoms with Crippen molar-refractivity contribution in [3.63, 3.8) is 0 Å². The summed E-state index contributed by atoms with van der Waals surface area (Å²) in [6.07, 6.45) is 5.74. The van der Waals surface area contributed by atoms with Gasteiger partial charge in [0, 0.05) is 5.57 Å². The number of Topliss-reactive ketones (excluding diaryl/α,β-unsaturated/α-hetero) is 2. The lowest BCUT2D eigenvalue weighted by molar-refractivity contribution is -0.121. The van der Waals surface area contributed by atoms with Crippen LogP contribution in [0.15, 0.2) is 33.9 Å². The van der Waals surface area contributed by atoms with E-state index in [0.717, 1.165) is 0 Å². The molecule has 0 N–H and O–H groups in total. The van der Waals surface area contributed by atoms with Crippen molar-refractivity contribution >= 4 is 34.8 Å². The highest BCUT2D eigenvalue weighted by molar-refractivity contribution is 6.57. The van der Waals surface area contributed by atoms with E-state index in [1.54, 1.807) is 12.2 Å². The van der Waals surface area contributed by atoms with Gasteiger partial charge in [-0.15, -0.1) is 0 Å². The van der Waals surface area contributed by atoms with Gasteiger partial charge in [0.15, 0.2) is 5.78 Å². The first-order valence-corrected chi connectivity index (χ1v) is 4.89. The second kappa shape index (κ2) is 3.37. The maximum Gasteiger partial charge on any atom is 0.202 e. The van der Waals surface area contributed by atoms with Crippen molar-refractivity contribution in [2.75, 3.05) is 0 Å². The molecule has 0 saturated carbocycles. The average molecular weight is 229 g/mol. The minimum atomic E-state index is -0.428. The monoisotopic (exact) mass is 228 g/mol. The van der Waals surface area contributed by atoms with E-state index < -0.39 is 5.92 Å². The molecule has 0 aromatic carbocycles. The Morgan fingerprint density at radius 1 is 1.21 bits per heavy atom. The minimum absolute atomic E-state index is 0.130. The molecule has 0 saturated heterocycles. The number of fused-ring (bicyclic) bond motifs is 1. The van der Waals surface area contributed by atoms with Gasteiger partial charge in [-0.2, -0.15) is 0 Å². The zero-order chi connectivity index (χ0) is 10.3. The Kier molecular flexibility index (Phi) is 2.33. The zero-order valence-corrected chi connectivity index (χ0v) is 8.60. The van der Waals surface area contributed by atoms with Crippen LogP contribution in [0.5, 0.6) is 0 Å². The fourth-order valence-electron chi connectivity index (χ4n) is 1.60. The molecule has 2 rings (SSSR count). The second-order valence-electron chi connectivity index (χ2n) is 3.16. The van der Waals surface area contributed by atoms with Gasteiger partial charge in [0.05, 0.1) is 5.92 Å². The van der Waals surface area contributed by atoms with Gasteiger partial charge in [-0.1, -0.05) is 41.4 Å². The number of carbonyl (C=O) groups is 2. The molecular formula is C10H6Cl2O2. The summed E-state index contributed by atoms with van der Waals surface area (Å²) in [5, 5.41) is -0.288. The number of halogens is 2. The molecule has 0 aromatic rings. The summed E-state index contributed by atoms with van der Waals surface area (Å²) < 4.78 is 0. The number of allylic oxidation sites excluding steroid dienone is 6. The molecule has 0 amide bonds. The predicted octanol–water partition coefficient (Wildman–Crippen LogP) is 2.33. The third kappa shape index (κ3) is 1.26. The Hall–Kier alpha value is -0.860. The molecule has 0 bridgehead atoms. The highest BCUT2D eigenvalue weighted by Gasteiger charge is 2.37. The molecule has 0 heterocycles. The van der Waals surface area contributed by atoms with Crippen molar-refractivity contribution in [3.05, 3.63) is 33.9 Å². The van der Waals surface area contributed by atoms with Crippen molar-refractivity contribution in [1.29, 1.82) is 0 Å². The van der Waals surface area contributed by atoms with Crippen molar-refractivity contribution in [2.24, 2.45) is 5.92 Å². The van der Waals surface area contributed by atoms with Gasteiger partial charge < -0.3 is 0 Å². The Morgan fingerprint density at radius 2 is 1.93 bits per heavy atom. The number of carbonyl (C=O) groups excluding carboxylic acids is 2. The van der Waals surface area contributed by atoms with E-state index in [-0.39, 0.29) is 21.6 Å². The van der Waals surface area contributed by atoms with Crippen molar-refractivity contribution in [2.45, 2.75) is 6.42 Å². The Bertz CT molecular complexity index is 416. The molecule has 0 radical (unpaired) electrons. The van der Waals surface area contributed by atoms with Gasteiger partial charge in [-0.25, -0.2) is 0 Å². The van der Waals surface area contributed by atoms with Crippen LogP contribution in [0.3, 0.4) is 0 Å². The number of rotatable bonds is 0. The molecule has 0 aliphatic heterocycles. The largest absolute Gasteiger partial charge is 0.292 e. The van der Waals surface area contributed by atoms with Crippen LogP contribution in [0.2, 0.25) is 0 Å². The summed E-state index contributed by atoms with van der Waals surface area (Å²) in [7, 11) is 0. The van der Waals surface area contributed by atoms with Gasteiger partial charge in [0.25, 0.3) is 0 Å². The lowest BCUT2D eigenvalue weighted by Gasteiger charge is -2.23. The highest BCUT2D eigenvalue weighted by atomic mass is 35.5. The van der Waals surface area contributed by atoms with Crippen LogP contribution in [0.1, 0.15) is 6.42 Å². The molecule has 0 spiro atoms. The van der Waals surface area contributed by atoms with Crippen LogP contribution >= 0.6 is 23.2 Å². The summed E-state index contributed by atoms with van der Waals surface area (Å²) in [4.78, 5) is 23.2. The van der Waals surface area contributed by atoms with Crippen LogP contribution in [0.25, 0.3) is 0 Å². The maximum absolute atomic E-state index is 11.6. The first-order chi connectivity index (χ1) is 6.63. The smallest absolute Gasteiger partial charge is 0.202 e. The Labute approximate surface area is 90.9 Å². The summed E-state index contributed by atoms with van der Waals surface area (Å²) in [6.45, 7) is 0. The van der Waals surface area contributed by atoms with Crippen LogP contribution in [-0.2, 0) is 9.59 Å². The number of hydrogen-bond donors (Lipinski definition) is 0. The highest BCUT2D eigenvalue weighted by Crippen LogP contribution is 2.35. The van der Waals surface area contributed by atoms with Crippen molar-refractivity contribution < 1.29 is 9.59 Å². The summed E-state index contributed by atoms with van der Waals surface area (Å²) in [5.74, 6) is -1.01. The van der Waals surface area contributed by atoms with Gasteiger partial charge in [-0.3, -0.25) is 9.59 Å². The van der Waals surface area contributed by atoms with Gasteiger partial charge in [0.2, 0.25) is 5.78 Å². The molecule has 1 atom stereocenters. The standard InChI is InChI=1S/C10H6Cl2O2/c11-7-8(12)10(14)6-4-2-1-3-5(6)9(7)13/h1-3,6H,4H2. The van der Waals surface area contributed by atoms with E-state index >= 15 is 0 Å². The fourth-order valence-corrected chi connectivity index (χ4v) is 2.02. The SMILES string of the molecule is O=C1C2=CC=CCC2C(=O)C(Cl)=C1Cl. The van der Waals surface area contributed by atoms with E-state index in [1.165, 1.54) is 0 Å². The summed E-state index contributed by atoms with van der Waals surface area (Å²) in [6, 6.07) is 0. The summed E-state index contributed by atoms with van der Waals surface area (Å²) in [5.41, 5.74) is 0.451. The first kappa shape index (κ1) is 9.69. The molecular weight excluding hydrogens is 223 g/mol.